The van der Waals surface area contributed by atoms with Crippen LogP contribution in [0.4, 0.5) is 0 Å². The second-order valence-electron chi connectivity index (χ2n) is 4.94. The van der Waals surface area contributed by atoms with Crippen LogP contribution in [0.1, 0.15) is 12.8 Å². The summed E-state index contributed by atoms with van der Waals surface area (Å²) in [5.74, 6) is -1.45. The van der Waals surface area contributed by atoms with Crippen molar-refractivity contribution in [1.29, 1.82) is 0 Å². The SMILES string of the molecule is CN=C(N)N(C)CC(=O)O.N[C@@H](CCSSCC[C@H](N)C(=O)O)C(=O)O. The van der Waals surface area contributed by atoms with Gasteiger partial charge < -0.3 is 37.4 Å². The van der Waals surface area contributed by atoms with E-state index in [1.807, 2.05) is 0 Å². The van der Waals surface area contributed by atoms with E-state index in [1.165, 1.54) is 33.5 Å². The first-order chi connectivity index (χ1) is 12.0. The first kappa shape index (κ1) is 26.5. The molecule has 0 amide bonds. The van der Waals surface area contributed by atoms with Crippen molar-refractivity contribution in [2.24, 2.45) is 22.2 Å². The summed E-state index contributed by atoms with van der Waals surface area (Å²) in [6.07, 6.45) is 0.802. The summed E-state index contributed by atoms with van der Waals surface area (Å²) in [7, 11) is 6.03. The number of nitrogens with zero attached hydrogens (tertiary/aromatic N) is 2. The summed E-state index contributed by atoms with van der Waals surface area (Å²) in [4.78, 5) is 35.7. The van der Waals surface area contributed by atoms with Crippen molar-refractivity contribution in [3.8, 4) is 0 Å². The van der Waals surface area contributed by atoms with E-state index in [2.05, 4.69) is 4.99 Å². The second kappa shape index (κ2) is 15.5. The topological polar surface area (TPSA) is 206 Å². The Labute approximate surface area is 159 Å². The lowest BCUT2D eigenvalue weighted by atomic mass is 10.2. The van der Waals surface area contributed by atoms with Gasteiger partial charge in [0.1, 0.15) is 18.6 Å². The number of guanidine groups is 1. The molecule has 0 spiro atoms. The van der Waals surface area contributed by atoms with Gasteiger partial charge in [-0.15, -0.1) is 0 Å². The van der Waals surface area contributed by atoms with Gasteiger partial charge in [-0.1, -0.05) is 21.6 Å². The molecule has 0 heterocycles. The summed E-state index contributed by atoms with van der Waals surface area (Å²) in [6.45, 7) is -0.122. The van der Waals surface area contributed by atoms with Gasteiger partial charge in [0, 0.05) is 25.6 Å². The van der Waals surface area contributed by atoms with Gasteiger partial charge in [-0.2, -0.15) is 0 Å². The van der Waals surface area contributed by atoms with E-state index in [4.69, 9.17) is 32.5 Å². The maximum Gasteiger partial charge on any atom is 0.323 e. The van der Waals surface area contributed by atoms with E-state index in [0.29, 0.717) is 24.3 Å². The number of hydrogen-bond acceptors (Lipinski definition) is 8. The van der Waals surface area contributed by atoms with E-state index in [-0.39, 0.29) is 12.5 Å². The van der Waals surface area contributed by atoms with Crippen molar-refractivity contribution in [1.82, 2.24) is 4.90 Å². The van der Waals surface area contributed by atoms with Crippen LogP contribution in [0.5, 0.6) is 0 Å². The molecule has 0 aromatic carbocycles. The molecular formula is C13H27N5O6S2. The lowest BCUT2D eigenvalue weighted by Crippen LogP contribution is -2.37. The molecular weight excluding hydrogens is 386 g/mol. The smallest absolute Gasteiger partial charge is 0.323 e. The zero-order valence-corrected chi connectivity index (χ0v) is 16.3. The summed E-state index contributed by atoms with van der Waals surface area (Å²) < 4.78 is 0. The highest BCUT2D eigenvalue weighted by Gasteiger charge is 2.12. The fourth-order valence-electron chi connectivity index (χ4n) is 1.17. The Morgan fingerprint density at radius 3 is 1.65 bits per heavy atom. The highest BCUT2D eigenvalue weighted by Crippen LogP contribution is 2.23. The van der Waals surface area contributed by atoms with E-state index >= 15 is 0 Å². The lowest BCUT2D eigenvalue weighted by molar-refractivity contribution is -0.139. The zero-order chi connectivity index (χ0) is 20.7. The molecule has 11 nitrogen and oxygen atoms in total. The van der Waals surface area contributed by atoms with Gasteiger partial charge in [-0.25, -0.2) is 0 Å². The maximum atomic E-state index is 10.4. The minimum absolute atomic E-state index is 0.122. The molecule has 0 radical (unpaired) electrons. The number of aliphatic imine (C=N–C) groups is 1. The number of carbonyl (C=O) groups is 3. The lowest BCUT2D eigenvalue weighted by Gasteiger charge is -2.13. The average molecular weight is 414 g/mol. The third-order valence-corrected chi connectivity index (χ3v) is 5.21. The first-order valence-corrected chi connectivity index (χ1v) is 9.88. The molecule has 0 aliphatic rings. The quantitative estimate of drug-likeness (QED) is 0.103. The molecule has 0 rings (SSSR count). The Hall–Kier alpha value is -1.70. The third-order valence-electron chi connectivity index (χ3n) is 2.73. The molecule has 9 N–H and O–H groups in total. The number of rotatable bonds is 11. The van der Waals surface area contributed by atoms with E-state index in [1.54, 1.807) is 7.05 Å². The number of aliphatic carboxylic acids is 3. The van der Waals surface area contributed by atoms with Crippen molar-refractivity contribution in [2.75, 3.05) is 32.1 Å². The fourth-order valence-corrected chi connectivity index (χ4v) is 3.39. The molecule has 0 fully saturated rings. The molecule has 0 aliphatic heterocycles. The summed E-state index contributed by atoms with van der Waals surface area (Å²) in [6, 6.07) is -1.65. The van der Waals surface area contributed by atoms with Crippen molar-refractivity contribution in [2.45, 2.75) is 24.9 Å². The largest absolute Gasteiger partial charge is 0.480 e. The van der Waals surface area contributed by atoms with Crippen LogP contribution in [-0.4, -0.2) is 88.3 Å². The summed E-state index contributed by atoms with van der Waals surface area (Å²) >= 11 is 0. The number of hydrogen-bond donors (Lipinski definition) is 6. The normalized spacial score (nSPS) is 13.2. The maximum absolute atomic E-state index is 10.4. The van der Waals surface area contributed by atoms with Crippen LogP contribution in [-0.2, 0) is 14.4 Å². The monoisotopic (exact) mass is 413 g/mol. The summed E-state index contributed by atoms with van der Waals surface area (Å²) in [5.41, 5.74) is 15.9. The Balaban J connectivity index is 0. The van der Waals surface area contributed by atoms with Gasteiger partial charge in [-0.05, 0) is 12.8 Å². The molecule has 13 heteroatoms. The number of carboxylic acids is 3. The number of carboxylic acid groups (broad SMARTS) is 3. The van der Waals surface area contributed by atoms with Gasteiger partial charge in [0.25, 0.3) is 0 Å². The molecule has 0 bridgehead atoms. The van der Waals surface area contributed by atoms with Crippen LogP contribution >= 0.6 is 21.6 Å². The van der Waals surface area contributed by atoms with Crippen molar-refractivity contribution >= 4 is 45.5 Å². The fraction of sp³-hybridized carbons (Fsp3) is 0.692. The third kappa shape index (κ3) is 15.8. The molecule has 0 aliphatic carbocycles. The Morgan fingerprint density at radius 2 is 1.38 bits per heavy atom. The molecule has 152 valence electrons. The van der Waals surface area contributed by atoms with E-state index in [9.17, 15) is 14.4 Å². The van der Waals surface area contributed by atoms with Crippen molar-refractivity contribution in [3.63, 3.8) is 0 Å². The molecule has 0 saturated carbocycles. The van der Waals surface area contributed by atoms with Crippen LogP contribution < -0.4 is 17.2 Å². The standard InChI is InChI=1S/C8H16N2O4S2.C5H11N3O2/c9-5(7(11)12)1-3-15-16-4-2-6(10)8(13)14;1-7-5(6)8(2)3-4(9)10/h5-6H,1-4,9-10H2,(H,11,12)(H,13,14);3H2,1-2H3,(H2,6,7)(H,9,10)/t5-,6-;/m0./s1. The highest BCUT2D eigenvalue weighted by molar-refractivity contribution is 8.76. The highest BCUT2D eigenvalue weighted by atomic mass is 33.1. The predicted octanol–water partition coefficient (Wildman–Crippen LogP) is -1.08. The van der Waals surface area contributed by atoms with Crippen molar-refractivity contribution < 1.29 is 29.7 Å². The van der Waals surface area contributed by atoms with Gasteiger partial charge in [0.2, 0.25) is 0 Å². The molecule has 0 aromatic rings. The molecule has 0 unspecified atom stereocenters. The Morgan fingerprint density at radius 1 is 1.00 bits per heavy atom. The first-order valence-electron chi connectivity index (χ1n) is 7.39. The van der Waals surface area contributed by atoms with Gasteiger partial charge in [-0.3, -0.25) is 19.4 Å². The summed E-state index contributed by atoms with van der Waals surface area (Å²) in [5, 5.41) is 25.3. The molecule has 0 aromatic heterocycles. The van der Waals surface area contributed by atoms with Gasteiger partial charge in [0.15, 0.2) is 5.96 Å². The van der Waals surface area contributed by atoms with Crippen molar-refractivity contribution in [3.05, 3.63) is 0 Å². The van der Waals surface area contributed by atoms with Crippen LogP contribution in [0, 0.1) is 0 Å². The second-order valence-corrected chi connectivity index (χ2v) is 7.64. The Bertz CT molecular complexity index is 456. The zero-order valence-electron chi connectivity index (χ0n) is 14.7. The molecule has 0 saturated heterocycles. The van der Waals surface area contributed by atoms with E-state index in [0.717, 1.165) is 0 Å². The van der Waals surface area contributed by atoms with Crippen LogP contribution in [0.2, 0.25) is 0 Å². The van der Waals surface area contributed by atoms with Crippen LogP contribution in [0.25, 0.3) is 0 Å². The Kier molecular flexibility index (Phi) is 15.9. The average Bonchev–Trinajstić information content (AvgIpc) is 2.56. The predicted molar refractivity (Wildman–Crippen MR) is 103 cm³/mol. The van der Waals surface area contributed by atoms with Crippen LogP contribution in [0.3, 0.4) is 0 Å². The minimum Gasteiger partial charge on any atom is -0.480 e. The number of likely N-dealkylation sites (N-methyl/N-ethyl adjacent to an activating group) is 1. The molecule has 26 heavy (non-hydrogen) atoms. The van der Waals surface area contributed by atoms with Gasteiger partial charge >= 0.3 is 17.9 Å². The van der Waals surface area contributed by atoms with Crippen LogP contribution in [0.15, 0.2) is 4.99 Å². The minimum atomic E-state index is -1.00. The number of nitrogens with two attached hydrogens (primary N) is 3. The van der Waals surface area contributed by atoms with E-state index < -0.39 is 30.0 Å². The molecule has 2 atom stereocenters. The van der Waals surface area contributed by atoms with Gasteiger partial charge in [0.05, 0.1) is 0 Å².